The van der Waals surface area contributed by atoms with Gasteiger partial charge in [0, 0.05) is 24.3 Å². The Morgan fingerprint density at radius 1 is 1.33 bits per heavy atom. The number of aryl methyl sites for hydroxylation is 1. The summed E-state index contributed by atoms with van der Waals surface area (Å²) in [6.45, 7) is 8.79. The SMILES string of the molecule is Cc1ccc(N(C)C(C)CC(C)C)c(C(N)=S)c1. The lowest BCUT2D eigenvalue weighted by atomic mass is 10.0. The van der Waals surface area contributed by atoms with Gasteiger partial charge in [0.05, 0.1) is 0 Å². The molecule has 18 heavy (non-hydrogen) atoms. The normalized spacial score (nSPS) is 12.6. The van der Waals surface area contributed by atoms with Crippen molar-refractivity contribution in [3.63, 3.8) is 0 Å². The molecule has 0 saturated heterocycles. The van der Waals surface area contributed by atoms with Gasteiger partial charge in [0.25, 0.3) is 0 Å². The molecule has 1 rings (SSSR count). The molecule has 0 aliphatic heterocycles. The van der Waals surface area contributed by atoms with Crippen LogP contribution in [0.3, 0.4) is 0 Å². The first-order chi connectivity index (χ1) is 8.32. The molecule has 0 bridgehead atoms. The van der Waals surface area contributed by atoms with Crippen LogP contribution in [0, 0.1) is 12.8 Å². The standard InChI is InChI=1S/C15H24N2S/c1-10(2)8-12(4)17(5)14-7-6-11(3)9-13(14)15(16)18/h6-7,9-10,12H,8H2,1-5H3,(H2,16,18). The second kappa shape index (κ2) is 6.19. The predicted octanol–water partition coefficient (Wildman–Crippen LogP) is 3.50. The summed E-state index contributed by atoms with van der Waals surface area (Å²) in [4.78, 5) is 2.74. The maximum Gasteiger partial charge on any atom is 0.106 e. The Morgan fingerprint density at radius 2 is 1.94 bits per heavy atom. The van der Waals surface area contributed by atoms with E-state index in [4.69, 9.17) is 18.0 Å². The van der Waals surface area contributed by atoms with Gasteiger partial charge in [0.1, 0.15) is 4.99 Å². The highest BCUT2D eigenvalue weighted by atomic mass is 32.1. The van der Waals surface area contributed by atoms with E-state index in [1.165, 1.54) is 5.56 Å². The van der Waals surface area contributed by atoms with Gasteiger partial charge in [-0.1, -0.05) is 37.7 Å². The largest absolute Gasteiger partial charge is 0.389 e. The zero-order chi connectivity index (χ0) is 13.9. The summed E-state index contributed by atoms with van der Waals surface area (Å²) in [6.07, 6.45) is 1.15. The van der Waals surface area contributed by atoms with E-state index in [-0.39, 0.29) is 0 Å². The van der Waals surface area contributed by atoms with Crippen molar-refractivity contribution in [2.45, 2.75) is 40.2 Å². The smallest absolute Gasteiger partial charge is 0.106 e. The molecule has 100 valence electrons. The minimum atomic E-state index is 0.470. The average molecular weight is 264 g/mol. The molecule has 3 heteroatoms. The van der Waals surface area contributed by atoms with Gasteiger partial charge in [-0.05, 0) is 38.3 Å². The third-order valence-corrected chi connectivity index (χ3v) is 3.49. The molecule has 0 saturated carbocycles. The van der Waals surface area contributed by atoms with Gasteiger partial charge in [0.15, 0.2) is 0 Å². The predicted molar refractivity (Wildman–Crippen MR) is 84.4 cm³/mol. The first kappa shape index (κ1) is 15.0. The molecule has 1 aromatic rings. The third kappa shape index (κ3) is 3.70. The fourth-order valence-corrected chi connectivity index (χ4v) is 2.40. The van der Waals surface area contributed by atoms with Crippen molar-refractivity contribution in [1.82, 2.24) is 0 Å². The van der Waals surface area contributed by atoms with Gasteiger partial charge in [-0.2, -0.15) is 0 Å². The van der Waals surface area contributed by atoms with Gasteiger partial charge >= 0.3 is 0 Å². The van der Waals surface area contributed by atoms with Crippen LogP contribution >= 0.6 is 12.2 Å². The Bertz CT molecular complexity index is 427. The Labute approximate surface area is 116 Å². The van der Waals surface area contributed by atoms with Gasteiger partial charge in [-0.15, -0.1) is 0 Å². The van der Waals surface area contributed by atoms with Crippen molar-refractivity contribution >= 4 is 22.9 Å². The summed E-state index contributed by atoms with van der Waals surface area (Å²) < 4.78 is 0. The second-order valence-electron chi connectivity index (χ2n) is 5.47. The van der Waals surface area contributed by atoms with Crippen LogP contribution in [0.2, 0.25) is 0 Å². The zero-order valence-electron chi connectivity index (χ0n) is 12.0. The average Bonchev–Trinajstić information content (AvgIpc) is 2.26. The van der Waals surface area contributed by atoms with E-state index in [2.05, 4.69) is 57.8 Å². The molecule has 1 atom stereocenters. The van der Waals surface area contributed by atoms with E-state index < -0.39 is 0 Å². The summed E-state index contributed by atoms with van der Waals surface area (Å²) in [5.74, 6) is 0.682. The fraction of sp³-hybridized carbons (Fsp3) is 0.533. The molecular weight excluding hydrogens is 240 g/mol. The topological polar surface area (TPSA) is 29.3 Å². The first-order valence-corrected chi connectivity index (χ1v) is 6.87. The van der Waals surface area contributed by atoms with E-state index in [0.717, 1.165) is 17.7 Å². The quantitative estimate of drug-likeness (QED) is 0.825. The molecule has 1 unspecified atom stereocenters. The molecule has 2 nitrogen and oxygen atoms in total. The van der Waals surface area contributed by atoms with Crippen LogP contribution in [0.15, 0.2) is 18.2 Å². The Hall–Kier alpha value is -1.09. The first-order valence-electron chi connectivity index (χ1n) is 6.46. The summed E-state index contributed by atoms with van der Waals surface area (Å²) in [5.41, 5.74) is 9.12. The van der Waals surface area contributed by atoms with E-state index in [9.17, 15) is 0 Å². The number of hydrogen-bond donors (Lipinski definition) is 1. The molecule has 1 aromatic carbocycles. The van der Waals surface area contributed by atoms with E-state index >= 15 is 0 Å². The van der Waals surface area contributed by atoms with Gasteiger partial charge in [-0.3, -0.25) is 0 Å². The highest BCUT2D eigenvalue weighted by Gasteiger charge is 2.16. The molecule has 2 N–H and O–H groups in total. The summed E-state index contributed by atoms with van der Waals surface area (Å²) in [6, 6.07) is 6.76. The van der Waals surface area contributed by atoms with Gasteiger partial charge in [0.2, 0.25) is 0 Å². The number of rotatable bonds is 5. The van der Waals surface area contributed by atoms with Crippen molar-refractivity contribution in [3.05, 3.63) is 29.3 Å². The zero-order valence-corrected chi connectivity index (χ0v) is 12.8. The Balaban J connectivity index is 3.04. The van der Waals surface area contributed by atoms with E-state index in [1.807, 2.05) is 0 Å². The number of thiocarbonyl (C=S) groups is 1. The number of anilines is 1. The molecule has 0 aliphatic carbocycles. The molecule has 0 spiro atoms. The van der Waals surface area contributed by atoms with Gasteiger partial charge < -0.3 is 10.6 Å². The molecule has 0 heterocycles. The third-order valence-electron chi connectivity index (χ3n) is 3.27. The number of hydrogen-bond acceptors (Lipinski definition) is 2. The van der Waals surface area contributed by atoms with E-state index in [0.29, 0.717) is 16.9 Å². The van der Waals surface area contributed by atoms with Crippen LogP contribution in [0.25, 0.3) is 0 Å². The van der Waals surface area contributed by atoms with Crippen LogP contribution in [0.1, 0.15) is 38.3 Å². The van der Waals surface area contributed by atoms with Crippen molar-refractivity contribution in [2.75, 3.05) is 11.9 Å². The second-order valence-corrected chi connectivity index (χ2v) is 5.91. The molecule has 0 radical (unpaired) electrons. The van der Waals surface area contributed by atoms with Crippen molar-refractivity contribution < 1.29 is 0 Å². The van der Waals surface area contributed by atoms with Crippen LogP contribution in [-0.4, -0.2) is 18.1 Å². The fourth-order valence-electron chi connectivity index (χ4n) is 2.23. The van der Waals surface area contributed by atoms with E-state index in [1.54, 1.807) is 0 Å². The lowest BCUT2D eigenvalue weighted by Gasteiger charge is -2.30. The number of nitrogens with two attached hydrogens (primary N) is 1. The van der Waals surface area contributed by atoms with Crippen molar-refractivity contribution in [3.8, 4) is 0 Å². The van der Waals surface area contributed by atoms with Crippen LogP contribution in [-0.2, 0) is 0 Å². The number of nitrogens with zero attached hydrogens (tertiary/aromatic N) is 1. The van der Waals surface area contributed by atoms with Crippen molar-refractivity contribution in [1.29, 1.82) is 0 Å². The highest BCUT2D eigenvalue weighted by molar-refractivity contribution is 7.80. The monoisotopic (exact) mass is 264 g/mol. The lowest BCUT2D eigenvalue weighted by Crippen LogP contribution is -2.32. The molecule has 0 amide bonds. The minimum absolute atomic E-state index is 0.470. The summed E-state index contributed by atoms with van der Waals surface area (Å²) in [7, 11) is 2.11. The van der Waals surface area contributed by atoms with Crippen molar-refractivity contribution in [2.24, 2.45) is 11.7 Å². The van der Waals surface area contributed by atoms with Crippen LogP contribution < -0.4 is 10.6 Å². The maximum absolute atomic E-state index is 5.83. The molecular formula is C15H24N2S. The summed E-state index contributed by atoms with van der Waals surface area (Å²) >= 11 is 5.15. The lowest BCUT2D eigenvalue weighted by molar-refractivity contribution is 0.504. The number of benzene rings is 1. The molecule has 0 aliphatic rings. The van der Waals surface area contributed by atoms with Crippen LogP contribution in [0.4, 0.5) is 5.69 Å². The minimum Gasteiger partial charge on any atom is -0.389 e. The molecule has 0 fully saturated rings. The van der Waals surface area contributed by atoms with Crippen LogP contribution in [0.5, 0.6) is 0 Å². The Morgan fingerprint density at radius 3 is 2.44 bits per heavy atom. The molecule has 0 aromatic heterocycles. The summed E-state index contributed by atoms with van der Waals surface area (Å²) in [5, 5.41) is 0. The maximum atomic E-state index is 5.83. The van der Waals surface area contributed by atoms with Gasteiger partial charge in [-0.25, -0.2) is 0 Å². The highest BCUT2D eigenvalue weighted by Crippen LogP contribution is 2.24. The Kier molecular flexibility index (Phi) is 5.15.